The van der Waals surface area contributed by atoms with Gasteiger partial charge >= 0.3 is 5.97 Å². The summed E-state index contributed by atoms with van der Waals surface area (Å²) in [6.07, 6.45) is 90.9. The van der Waals surface area contributed by atoms with Crippen LogP contribution in [-0.2, 0) is 14.3 Å². The van der Waals surface area contributed by atoms with Gasteiger partial charge in [0.1, 0.15) is 0 Å². The molecule has 1 amide bonds. The first-order valence-electron chi connectivity index (χ1n) is 36.8. The molecule has 478 valence electrons. The molecule has 0 fully saturated rings. The van der Waals surface area contributed by atoms with Gasteiger partial charge in [0.2, 0.25) is 5.91 Å². The van der Waals surface area contributed by atoms with Gasteiger partial charge in [-0.05, 0) is 83.5 Å². The summed E-state index contributed by atoms with van der Waals surface area (Å²) < 4.78 is 5.51. The van der Waals surface area contributed by atoms with Crippen molar-refractivity contribution in [2.75, 3.05) is 13.2 Å². The summed E-state index contributed by atoms with van der Waals surface area (Å²) in [5.41, 5.74) is 0. The molecule has 0 aromatic heterocycles. The average Bonchev–Trinajstić information content (AvgIpc) is 3.47. The van der Waals surface area contributed by atoms with E-state index >= 15 is 0 Å². The Morgan fingerprint density at radius 3 is 0.877 bits per heavy atom. The van der Waals surface area contributed by atoms with Crippen molar-refractivity contribution in [3.63, 3.8) is 0 Å². The van der Waals surface area contributed by atoms with Crippen molar-refractivity contribution >= 4 is 11.9 Å². The fourth-order valence-electron chi connectivity index (χ4n) is 11.5. The minimum absolute atomic E-state index is 0.0144. The molecule has 0 spiro atoms. The lowest BCUT2D eigenvalue weighted by Gasteiger charge is -2.20. The number of carbonyl (C=O) groups is 2. The molecule has 2 unspecified atom stereocenters. The van der Waals surface area contributed by atoms with E-state index in [9.17, 15) is 19.8 Å². The largest absolute Gasteiger partial charge is 0.466 e. The lowest BCUT2D eigenvalue weighted by atomic mass is 10.0. The molecule has 6 heteroatoms. The summed E-state index contributed by atoms with van der Waals surface area (Å²) in [7, 11) is 0. The van der Waals surface area contributed by atoms with Gasteiger partial charge in [0.05, 0.1) is 25.4 Å². The maximum atomic E-state index is 12.5. The van der Waals surface area contributed by atoms with Crippen molar-refractivity contribution in [3.05, 3.63) is 36.5 Å². The highest BCUT2D eigenvalue weighted by molar-refractivity contribution is 5.76. The van der Waals surface area contributed by atoms with Crippen molar-refractivity contribution in [3.8, 4) is 0 Å². The molecule has 0 aromatic rings. The summed E-state index contributed by atoms with van der Waals surface area (Å²) in [6, 6.07) is -0.627. The van der Waals surface area contributed by atoms with Crippen LogP contribution < -0.4 is 5.32 Å². The van der Waals surface area contributed by atoms with E-state index in [-0.39, 0.29) is 18.5 Å². The Balaban J connectivity index is 3.37. The molecule has 0 saturated carbocycles. The Morgan fingerprint density at radius 2 is 0.580 bits per heavy atom. The van der Waals surface area contributed by atoms with Crippen molar-refractivity contribution in [1.29, 1.82) is 0 Å². The standard InChI is InChI=1S/C75H143NO5/c1-3-5-7-9-11-13-15-17-19-21-37-41-45-49-53-57-61-65-69-75(80)81-70-66-62-58-54-50-46-42-38-35-33-31-29-27-25-23-22-24-26-28-30-32-34-36-40-44-48-52-56-60-64-68-74(79)76-72(71-77)73(78)67-63-59-55-51-47-43-39-20-18-16-14-12-10-8-6-4-2/h19,21,23,25,63,67,72-73,77-78H,3-18,20,22,24,26-62,64-66,68-71H2,1-2H3,(H,76,79)/b21-19-,25-23-,67-63+. The second-order valence-corrected chi connectivity index (χ2v) is 25.3. The number of esters is 1. The zero-order valence-corrected chi connectivity index (χ0v) is 54.8. The summed E-state index contributed by atoms with van der Waals surface area (Å²) in [6.45, 7) is 4.93. The Morgan fingerprint density at radius 1 is 0.333 bits per heavy atom. The number of ether oxygens (including phenoxy) is 1. The number of aliphatic hydroxyl groups excluding tert-OH is 2. The van der Waals surface area contributed by atoms with Gasteiger partial charge in [-0.15, -0.1) is 0 Å². The number of carbonyl (C=O) groups excluding carboxylic acids is 2. The normalized spacial score (nSPS) is 12.7. The lowest BCUT2D eigenvalue weighted by Crippen LogP contribution is -2.45. The number of hydrogen-bond acceptors (Lipinski definition) is 5. The number of unbranched alkanes of at least 4 members (excludes halogenated alkanes) is 54. The fraction of sp³-hybridized carbons (Fsp3) is 0.893. The second kappa shape index (κ2) is 70.6. The number of amides is 1. The molecule has 0 saturated heterocycles. The van der Waals surface area contributed by atoms with Crippen LogP contribution in [0, 0.1) is 0 Å². The maximum absolute atomic E-state index is 12.5. The third kappa shape index (κ3) is 67.1. The zero-order chi connectivity index (χ0) is 58.5. The van der Waals surface area contributed by atoms with Crippen molar-refractivity contribution in [1.82, 2.24) is 5.32 Å². The van der Waals surface area contributed by atoms with Gasteiger partial charge in [-0.2, -0.15) is 0 Å². The fourth-order valence-corrected chi connectivity index (χ4v) is 11.5. The SMILES string of the molecule is CCCCCCCCC/C=C\CCCCCCCCCC(=O)OCCCCCCCCCCCCCC/C=C\CCCCCCCCCCCCCCCCC(=O)NC(CO)C(O)/C=C/CCCCCCCCCCCCCCCC. The topological polar surface area (TPSA) is 95.9 Å². The Bertz CT molecular complexity index is 1310. The molecule has 0 heterocycles. The highest BCUT2D eigenvalue weighted by atomic mass is 16.5. The molecule has 0 aliphatic rings. The Kier molecular flexibility index (Phi) is 68.9. The first kappa shape index (κ1) is 79.1. The highest BCUT2D eigenvalue weighted by Gasteiger charge is 2.18. The summed E-state index contributed by atoms with van der Waals surface area (Å²) >= 11 is 0. The van der Waals surface area contributed by atoms with Crippen LogP contribution in [0.15, 0.2) is 36.5 Å². The van der Waals surface area contributed by atoms with Crippen LogP contribution in [0.5, 0.6) is 0 Å². The van der Waals surface area contributed by atoms with Gasteiger partial charge < -0.3 is 20.3 Å². The van der Waals surface area contributed by atoms with Crippen LogP contribution in [-0.4, -0.2) is 47.4 Å². The minimum atomic E-state index is -0.844. The third-order valence-electron chi connectivity index (χ3n) is 17.1. The van der Waals surface area contributed by atoms with Gasteiger partial charge in [-0.25, -0.2) is 0 Å². The van der Waals surface area contributed by atoms with Crippen LogP contribution >= 0.6 is 0 Å². The maximum Gasteiger partial charge on any atom is 0.305 e. The van der Waals surface area contributed by atoms with Gasteiger partial charge in [-0.1, -0.05) is 346 Å². The predicted molar refractivity (Wildman–Crippen MR) is 356 cm³/mol. The number of hydrogen-bond donors (Lipinski definition) is 3. The molecule has 0 aliphatic heterocycles. The summed E-state index contributed by atoms with van der Waals surface area (Å²) in [5, 5.41) is 23.2. The number of aliphatic hydroxyl groups is 2. The van der Waals surface area contributed by atoms with E-state index in [1.807, 2.05) is 6.08 Å². The second-order valence-electron chi connectivity index (χ2n) is 25.3. The van der Waals surface area contributed by atoms with E-state index in [1.54, 1.807) is 6.08 Å². The van der Waals surface area contributed by atoms with Crippen LogP contribution in [0.1, 0.15) is 406 Å². The molecule has 0 aliphatic carbocycles. The molecule has 0 aromatic carbocycles. The Hall–Kier alpha value is -1.92. The molecule has 2 atom stereocenters. The molecule has 81 heavy (non-hydrogen) atoms. The molecule has 0 radical (unpaired) electrons. The van der Waals surface area contributed by atoms with E-state index in [0.29, 0.717) is 19.4 Å². The van der Waals surface area contributed by atoms with Gasteiger partial charge in [0.15, 0.2) is 0 Å². The van der Waals surface area contributed by atoms with Crippen LogP contribution in [0.2, 0.25) is 0 Å². The number of allylic oxidation sites excluding steroid dienone is 5. The van der Waals surface area contributed by atoms with Crippen LogP contribution in [0.3, 0.4) is 0 Å². The van der Waals surface area contributed by atoms with E-state index in [4.69, 9.17) is 4.74 Å². The molecule has 0 bridgehead atoms. The van der Waals surface area contributed by atoms with E-state index in [2.05, 4.69) is 43.5 Å². The minimum Gasteiger partial charge on any atom is -0.466 e. The van der Waals surface area contributed by atoms with Gasteiger partial charge in [0.25, 0.3) is 0 Å². The smallest absolute Gasteiger partial charge is 0.305 e. The van der Waals surface area contributed by atoms with Crippen LogP contribution in [0.4, 0.5) is 0 Å². The predicted octanol–water partition coefficient (Wildman–Crippen LogP) is 23.9. The van der Waals surface area contributed by atoms with Crippen LogP contribution in [0.25, 0.3) is 0 Å². The van der Waals surface area contributed by atoms with Crippen molar-refractivity contribution in [2.24, 2.45) is 0 Å². The summed E-state index contributed by atoms with van der Waals surface area (Å²) in [5.74, 6) is -0.0495. The lowest BCUT2D eigenvalue weighted by molar-refractivity contribution is -0.143. The molecular formula is C75H143NO5. The van der Waals surface area contributed by atoms with Gasteiger partial charge in [-0.3, -0.25) is 9.59 Å². The molecular weight excluding hydrogens is 995 g/mol. The first-order chi connectivity index (χ1) is 40.0. The zero-order valence-electron chi connectivity index (χ0n) is 54.8. The monoisotopic (exact) mass is 1140 g/mol. The first-order valence-corrected chi connectivity index (χ1v) is 36.8. The average molecular weight is 1140 g/mol. The molecule has 0 rings (SSSR count). The Labute approximate surface area is 506 Å². The molecule has 3 N–H and O–H groups in total. The van der Waals surface area contributed by atoms with Crippen molar-refractivity contribution < 1.29 is 24.5 Å². The van der Waals surface area contributed by atoms with E-state index < -0.39 is 12.1 Å². The molecule has 6 nitrogen and oxygen atoms in total. The van der Waals surface area contributed by atoms with E-state index in [1.165, 1.54) is 334 Å². The van der Waals surface area contributed by atoms with Gasteiger partial charge in [0, 0.05) is 12.8 Å². The number of rotatable bonds is 69. The van der Waals surface area contributed by atoms with Crippen molar-refractivity contribution in [2.45, 2.75) is 418 Å². The highest BCUT2D eigenvalue weighted by Crippen LogP contribution is 2.18. The summed E-state index contributed by atoms with van der Waals surface area (Å²) in [4.78, 5) is 24.6. The number of nitrogens with one attached hydrogen (secondary N) is 1. The van der Waals surface area contributed by atoms with E-state index in [0.717, 1.165) is 44.9 Å². The quantitative estimate of drug-likeness (QED) is 0.0320. The third-order valence-corrected chi connectivity index (χ3v) is 17.1.